The molecule has 1 fully saturated rings. The van der Waals surface area contributed by atoms with Gasteiger partial charge in [-0.15, -0.1) is 0 Å². The summed E-state index contributed by atoms with van der Waals surface area (Å²) in [4.78, 5) is 10.7. The Morgan fingerprint density at radius 1 is 1.28 bits per heavy atom. The van der Waals surface area contributed by atoms with E-state index in [4.69, 9.17) is 5.73 Å². The average molecular weight is 243 g/mol. The number of nitrogens with zero attached hydrogens (tertiary/aromatic N) is 5. The molecular formula is C12H15N6. The lowest BCUT2D eigenvalue weighted by Gasteiger charge is -2.16. The average Bonchev–Trinajstić information content (AvgIpc) is 2.98. The van der Waals surface area contributed by atoms with Crippen molar-refractivity contribution in [2.75, 3.05) is 23.7 Å². The fourth-order valence-corrected chi connectivity index (χ4v) is 2.09. The van der Waals surface area contributed by atoms with Crippen LogP contribution in [-0.4, -0.2) is 32.8 Å². The molecule has 2 aromatic rings. The normalized spacial score (nSPS) is 15.3. The van der Waals surface area contributed by atoms with Gasteiger partial charge in [-0.3, -0.25) is 4.68 Å². The first kappa shape index (κ1) is 11.0. The second-order valence-electron chi connectivity index (χ2n) is 4.37. The van der Waals surface area contributed by atoms with Gasteiger partial charge < -0.3 is 10.6 Å². The van der Waals surface area contributed by atoms with Crippen LogP contribution in [0.3, 0.4) is 0 Å². The van der Waals surface area contributed by atoms with E-state index in [2.05, 4.69) is 26.4 Å². The van der Waals surface area contributed by atoms with Crippen molar-refractivity contribution in [3.05, 3.63) is 24.8 Å². The number of anilines is 2. The number of rotatable bonds is 2. The van der Waals surface area contributed by atoms with Crippen LogP contribution in [0, 0.1) is 6.42 Å². The molecule has 2 N–H and O–H groups in total. The van der Waals surface area contributed by atoms with Gasteiger partial charge in [0.2, 0.25) is 5.95 Å². The lowest BCUT2D eigenvalue weighted by molar-refractivity contribution is 0.770. The highest BCUT2D eigenvalue weighted by atomic mass is 15.3. The van der Waals surface area contributed by atoms with Crippen molar-refractivity contribution in [3.63, 3.8) is 0 Å². The third-order valence-electron chi connectivity index (χ3n) is 2.98. The quantitative estimate of drug-likeness (QED) is 0.847. The van der Waals surface area contributed by atoms with Gasteiger partial charge in [0.05, 0.1) is 5.69 Å². The summed E-state index contributed by atoms with van der Waals surface area (Å²) in [5, 5.41) is 4.33. The molecule has 6 nitrogen and oxygen atoms in total. The van der Waals surface area contributed by atoms with E-state index in [-0.39, 0.29) is 0 Å². The molecule has 93 valence electrons. The monoisotopic (exact) mass is 243 g/mol. The predicted octanol–water partition coefficient (Wildman–Crippen LogP) is 0.874. The Balaban J connectivity index is 1.99. The molecule has 3 heterocycles. The second kappa shape index (κ2) is 4.29. The molecule has 0 atom stereocenters. The summed E-state index contributed by atoms with van der Waals surface area (Å²) in [5.41, 5.74) is 7.36. The molecule has 0 aromatic carbocycles. The smallest absolute Gasteiger partial charge is 0.222 e. The number of nitrogen functional groups attached to an aromatic ring is 1. The fourth-order valence-electron chi connectivity index (χ4n) is 2.09. The standard InChI is InChI=1S/C12H15N6/c1-17-7-4-9(16-17)10-8-11(15-12(13)14-10)18-5-2-3-6-18/h2,4,7-8H,3,5-6H2,1H3,(H2,13,14,15). The molecule has 0 amide bonds. The number of aryl methyl sites for hydroxylation is 1. The summed E-state index contributed by atoms with van der Waals surface area (Å²) in [6.07, 6.45) is 5.21. The van der Waals surface area contributed by atoms with Crippen molar-refractivity contribution in [1.82, 2.24) is 19.7 Å². The summed E-state index contributed by atoms with van der Waals surface area (Å²) in [7, 11) is 1.88. The predicted molar refractivity (Wildman–Crippen MR) is 69.8 cm³/mol. The molecule has 18 heavy (non-hydrogen) atoms. The summed E-state index contributed by atoms with van der Waals surface area (Å²) < 4.78 is 1.75. The Morgan fingerprint density at radius 2 is 2.17 bits per heavy atom. The molecule has 1 radical (unpaired) electrons. The summed E-state index contributed by atoms with van der Waals surface area (Å²) in [6.45, 7) is 1.90. The SMILES string of the molecule is Cn1ccc(-c2cc(N3C[CH]CC3)nc(N)n2)n1. The molecule has 0 unspecified atom stereocenters. The van der Waals surface area contributed by atoms with Gasteiger partial charge in [0.1, 0.15) is 11.5 Å². The van der Waals surface area contributed by atoms with Crippen LogP contribution in [0.2, 0.25) is 0 Å². The van der Waals surface area contributed by atoms with Crippen LogP contribution in [-0.2, 0) is 7.05 Å². The Kier molecular flexibility index (Phi) is 2.62. The van der Waals surface area contributed by atoms with Gasteiger partial charge in [-0.05, 0) is 18.9 Å². The molecule has 0 aliphatic carbocycles. The Hall–Kier alpha value is -2.11. The van der Waals surface area contributed by atoms with Gasteiger partial charge in [0.25, 0.3) is 0 Å². The Labute approximate surface area is 105 Å². The van der Waals surface area contributed by atoms with E-state index < -0.39 is 0 Å². The van der Waals surface area contributed by atoms with Crippen molar-refractivity contribution in [3.8, 4) is 11.4 Å². The van der Waals surface area contributed by atoms with Gasteiger partial charge in [0.15, 0.2) is 0 Å². The van der Waals surface area contributed by atoms with Crippen LogP contribution in [0.15, 0.2) is 18.3 Å². The summed E-state index contributed by atoms with van der Waals surface area (Å²) in [6, 6.07) is 3.86. The number of hydrogen-bond acceptors (Lipinski definition) is 5. The topological polar surface area (TPSA) is 72.9 Å². The first-order valence-corrected chi connectivity index (χ1v) is 5.93. The van der Waals surface area contributed by atoms with Crippen molar-refractivity contribution in [2.45, 2.75) is 6.42 Å². The maximum Gasteiger partial charge on any atom is 0.222 e. The van der Waals surface area contributed by atoms with E-state index >= 15 is 0 Å². The van der Waals surface area contributed by atoms with Gasteiger partial charge in [-0.1, -0.05) is 0 Å². The van der Waals surface area contributed by atoms with E-state index in [1.54, 1.807) is 4.68 Å². The van der Waals surface area contributed by atoms with Crippen molar-refractivity contribution >= 4 is 11.8 Å². The number of aromatic nitrogens is 4. The Morgan fingerprint density at radius 3 is 2.83 bits per heavy atom. The maximum atomic E-state index is 5.78. The van der Waals surface area contributed by atoms with Crippen molar-refractivity contribution in [2.24, 2.45) is 7.05 Å². The van der Waals surface area contributed by atoms with Gasteiger partial charge >= 0.3 is 0 Å². The molecule has 1 aliphatic heterocycles. The molecule has 0 spiro atoms. The van der Waals surface area contributed by atoms with Crippen LogP contribution in [0.1, 0.15) is 6.42 Å². The summed E-state index contributed by atoms with van der Waals surface area (Å²) in [5.74, 6) is 1.16. The molecular weight excluding hydrogens is 228 g/mol. The zero-order valence-electron chi connectivity index (χ0n) is 10.2. The van der Waals surface area contributed by atoms with Crippen LogP contribution >= 0.6 is 0 Å². The highest BCUT2D eigenvalue weighted by molar-refractivity contribution is 5.61. The highest BCUT2D eigenvalue weighted by Crippen LogP contribution is 2.23. The van der Waals surface area contributed by atoms with Gasteiger partial charge in [0, 0.05) is 32.4 Å². The van der Waals surface area contributed by atoms with E-state index in [1.165, 1.54) is 0 Å². The van der Waals surface area contributed by atoms with Crippen molar-refractivity contribution in [1.29, 1.82) is 0 Å². The van der Waals surface area contributed by atoms with E-state index in [1.807, 2.05) is 25.4 Å². The molecule has 2 aromatic heterocycles. The van der Waals surface area contributed by atoms with Crippen LogP contribution in [0.5, 0.6) is 0 Å². The summed E-state index contributed by atoms with van der Waals surface area (Å²) >= 11 is 0. The van der Waals surface area contributed by atoms with Crippen molar-refractivity contribution < 1.29 is 0 Å². The zero-order valence-corrected chi connectivity index (χ0v) is 10.2. The second-order valence-corrected chi connectivity index (χ2v) is 4.37. The lowest BCUT2D eigenvalue weighted by Crippen LogP contribution is -2.20. The Bertz CT molecular complexity index is 555. The van der Waals surface area contributed by atoms with Gasteiger partial charge in [-0.2, -0.15) is 10.1 Å². The lowest BCUT2D eigenvalue weighted by atomic mass is 10.3. The van der Waals surface area contributed by atoms with E-state index in [0.29, 0.717) is 5.95 Å². The maximum absolute atomic E-state index is 5.78. The minimum absolute atomic E-state index is 0.292. The molecule has 3 rings (SSSR count). The minimum Gasteiger partial charge on any atom is -0.368 e. The molecule has 1 saturated heterocycles. The first-order chi connectivity index (χ1) is 8.72. The molecule has 1 aliphatic rings. The van der Waals surface area contributed by atoms with Crippen LogP contribution in [0.25, 0.3) is 11.4 Å². The number of nitrogens with two attached hydrogens (primary N) is 1. The highest BCUT2D eigenvalue weighted by Gasteiger charge is 2.16. The van der Waals surface area contributed by atoms with E-state index in [0.717, 1.165) is 36.7 Å². The largest absolute Gasteiger partial charge is 0.368 e. The first-order valence-electron chi connectivity index (χ1n) is 5.93. The molecule has 0 saturated carbocycles. The molecule has 0 bridgehead atoms. The molecule has 6 heteroatoms. The zero-order chi connectivity index (χ0) is 12.5. The third-order valence-corrected chi connectivity index (χ3v) is 2.98. The van der Waals surface area contributed by atoms with Gasteiger partial charge in [-0.25, -0.2) is 4.98 Å². The number of hydrogen-bond donors (Lipinski definition) is 1. The third kappa shape index (κ3) is 2.01. The fraction of sp³-hybridized carbons (Fsp3) is 0.333. The van der Waals surface area contributed by atoms with Crippen LogP contribution < -0.4 is 10.6 Å². The minimum atomic E-state index is 0.292. The van der Waals surface area contributed by atoms with Crippen LogP contribution in [0.4, 0.5) is 11.8 Å². The van der Waals surface area contributed by atoms with E-state index in [9.17, 15) is 0 Å².